The van der Waals surface area contributed by atoms with Crippen molar-refractivity contribution in [1.29, 1.82) is 0 Å². The number of piperidine rings is 1. The highest BCUT2D eigenvalue weighted by atomic mass is 16.6. The number of rotatable bonds is 8. The zero-order valence-corrected chi connectivity index (χ0v) is 17.3. The van der Waals surface area contributed by atoms with Crippen molar-refractivity contribution in [1.82, 2.24) is 5.32 Å². The maximum Gasteiger partial charge on any atom is 0.292 e. The molecule has 2 aromatic carbocycles. The van der Waals surface area contributed by atoms with Gasteiger partial charge in [-0.2, -0.15) is 0 Å². The van der Waals surface area contributed by atoms with E-state index in [2.05, 4.69) is 5.32 Å². The number of para-hydroxylation sites is 2. The predicted octanol–water partition coefficient (Wildman–Crippen LogP) is 3.19. The van der Waals surface area contributed by atoms with Crippen molar-refractivity contribution in [3.8, 4) is 11.5 Å². The topological polar surface area (TPSA) is 93.9 Å². The second-order valence-corrected chi connectivity index (χ2v) is 7.24. The van der Waals surface area contributed by atoms with E-state index in [0.29, 0.717) is 56.1 Å². The van der Waals surface area contributed by atoms with Crippen molar-refractivity contribution in [3.05, 3.63) is 58.1 Å². The number of nitrogens with one attached hydrogen (secondary N) is 1. The van der Waals surface area contributed by atoms with Gasteiger partial charge in [0.1, 0.15) is 5.69 Å². The van der Waals surface area contributed by atoms with Crippen LogP contribution in [0.4, 0.5) is 11.4 Å². The van der Waals surface area contributed by atoms with Crippen LogP contribution in [0.2, 0.25) is 0 Å². The van der Waals surface area contributed by atoms with Gasteiger partial charge in [-0.3, -0.25) is 14.9 Å². The fourth-order valence-electron chi connectivity index (χ4n) is 3.78. The van der Waals surface area contributed by atoms with Gasteiger partial charge in [0.05, 0.1) is 19.1 Å². The highest BCUT2D eigenvalue weighted by molar-refractivity contribution is 5.79. The van der Waals surface area contributed by atoms with E-state index >= 15 is 0 Å². The second-order valence-electron chi connectivity index (χ2n) is 7.24. The Balaban J connectivity index is 1.49. The van der Waals surface area contributed by atoms with Gasteiger partial charge in [0.2, 0.25) is 5.91 Å². The minimum absolute atomic E-state index is 0.0395. The van der Waals surface area contributed by atoms with Crippen LogP contribution >= 0.6 is 0 Å². The summed E-state index contributed by atoms with van der Waals surface area (Å²) in [5, 5.41) is 14.3. The van der Waals surface area contributed by atoms with Crippen molar-refractivity contribution in [3.63, 3.8) is 0 Å². The molecule has 0 aliphatic carbocycles. The summed E-state index contributed by atoms with van der Waals surface area (Å²) >= 11 is 0. The first-order chi connectivity index (χ1) is 14.5. The van der Waals surface area contributed by atoms with Crippen LogP contribution in [0.15, 0.2) is 42.5 Å². The molecule has 0 aromatic heterocycles. The number of nitro benzene ring substituents is 1. The molecule has 3 rings (SSSR count). The highest BCUT2D eigenvalue weighted by Gasteiger charge is 2.27. The molecule has 1 N–H and O–H groups in total. The van der Waals surface area contributed by atoms with Gasteiger partial charge in [-0.1, -0.05) is 18.2 Å². The summed E-state index contributed by atoms with van der Waals surface area (Å²) in [7, 11) is 3.19. The monoisotopic (exact) mass is 413 g/mol. The van der Waals surface area contributed by atoms with Crippen molar-refractivity contribution < 1.29 is 19.2 Å². The predicted molar refractivity (Wildman–Crippen MR) is 114 cm³/mol. The number of nitrogens with zero attached hydrogens (tertiary/aromatic N) is 2. The fourth-order valence-corrected chi connectivity index (χ4v) is 3.78. The molecular weight excluding hydrogens is 386 g/mol. The minimum Gasteiger partial charge on any atom is -0.493 e. The van der Waals surface area contributed by atoms with E-state index in [9.17, 15) is 14.9 Å². The van der Waals surface area contributed by atoms with Crippen LogP contribution in [-0.2, 0) is 11.2 Å². The van der Waals surface area contributed by atoms with E-state index in [4.69, 9.17) is 9.47 Å². The molecule has 0 bridgehead atoms. The Labute approximate surface area is 175 Å². The molecular formula is C22H27N3O5. The number of amides is 1. The summed E-state index contributed by atoms with van der Waals surface area (Å²) in [6.07, 6.45) is 2.05. The second kappa shape index (κ2) is 9.96. The summed E-state index contributed by atoms with van der Waals surface area (Å²) in [6, 6.07) is 12.5. The third kappa shape index (κ3) is 5.00. The van der Waals surface area contributed by atoms with E-state index in [0.717, 1.165) is 5.56 Å². The van der Waals surface area contributed by atoms with E-state index in [1.165, 1.54) is 6.07 Å². The smallest absolute Gasteiger partial charge is 0.292 e. The van der Waals surface area contributed by atoms with Crippen molar-refractivity contribution >= 4 is 17.3 Å². The number of hydrogen-bond acceptors (Lipinski definition) is 6. The molecule has 160 valence electrons. The molecule has 0 unspecified atom stereocenters. The number of hydrogen-bond donors (Lipinski definition) is 1. The van der Waals surface area contributed by atoms with Crippen LogP contribution < -0.4 is 19.7 Å². The van der Waals surface area contributed by atoms with E-state index in [1.54, 1.807) is 32.4 Å². The number of methoxy groups -OCH3 is 2. The third-order valence-electron chi connectivity index (χ3n) is 5.45. The Morgan fingerprint density at radius 2 is 1.83 bits per heavy atom. The number of carbonyl (C=O) groups excluding carboxylic acids is 1. The molecule has 1 aliphatic rings. The quantitative estimate of drug-likeness (QED) is 0.528. The SMILES string of the molecule is COc1ccc(CCNC(=O)C2CCN(c3ccccc3[N+](=O)[O-])CC2)cc1OC. The standard InChI is InChI=1S/C22H27N3O5/c1-29-20-8-7-16(15-21(20)30-2)9-12-23-22(26)17-10-13-24(14-11-17)18-5-3-4-6-19(18)25(27)28/h3-8,15,17H,9-14H2,1-2H3,(H,23,26). The first kappa shape index (κ1) is 21.4. The fraction of sp³-hybridized carbons (Fsp3) is 0.409. The molecule has 1 aliphatic heterocycles. The average molecular weight is 413 g/mol. The Morgan fingerprint density at radius 3 is 2.50 bits per heavy atom. The molecule has 0 spiro atoms. The van der Waals surface area contributed by atoms with Gasteiger partial charge in [0.15, 0.2) is 11.5 Å². The lowest BCUT2D eigenvalue weighted by Gasteiger charge is -2.32. The summed E-state index contributed by atoms with van der Waals surface area (Å²) in [5.41, 5.74) is 1.78. The molecule has 2 aromatic rings. The molecule has 1 amide bonds. The molecule has 8 nitrogen and oxygen atoms in total. The zero-order valence-electron chi connectivity index (χ0n) is 17.3. The Bertz CT molecular complexity index is 894. The van der Waals surface area contributed by atoms with E-state index < -0.39 is 0 Å². The number of carbonyl (C=O) groups is 1. The van der Waals surface area contributed by atoms with Gasteiger partial charge < -0.3 is 19.7 Å². The van der Waals surface area contributed by atoms with Crippen molar-refractivity contribution in [2.45, 2.75) is 19.3 Å². The summed E-state index contributed by atoms with van der Waals surface area (Å²) in [5.74, 6) is 1.31. The van der Waals surface area contributed by atoms with Gasteiger partial charge in [0.25, 0.3) is 5.69 Å². The maximum absolute atomic E-state index is 12.5. The molecule has 0 saturated carbocycles. The van der Waals surface area contributed by atoms with E-state index in [1.807, 2.05) is 23.1 Å². The molecule has 30 heavy (non-hydrogen) atoms. The Morgan fingerprint density at radius 1 is 1.13 bits per heavy atom. The van der Waals surface area contributed by atoms with Crippen LogP contribution in [0.3, 0.4) is 0 Å². The lowest BCUT2D eigenvalue weighted by molar-refractivity contribution is -0.384. The lowest BCUT2D eigenvalue weighted by atomic mass is 9.95. The maximum atomic E-state index is 12.5. The van der Waals surface area contributed by atoms with Crippen LogP contribution in [0.25, 0.3) is 0 Å². The number of anilines is 1. The lowest BCUT2D eigenvalue weighted by Crippen LogP contribution is -2.41. The van der Waals surface area contributed by atoms with Gasteiger partial charge >= 0.3 is 0 Å². The zero-order chi connectivity index (χ0) is 21.5. The third-order valence-corrected chi connectivity index (χ3v) is 5.45. The molecule has 1 fully saturated rings. The Kier molecular flexibility index (Phi) is 7.11. The van der Waals surface area contributed by atoms with Crippen molar-refractivity contribution in [2.24, 2.45) is 5.92 Å². The minimum atomic E-state index is -0.359. The summed E-state index contributed by atoms with van der Waals surface area (Å²) < 4.78 is 10.5. The molecule has 1 saturated heterocycles. The number of benzene rings is 2. The molecule has 0 atom stereocenters. The first-order valence-corrected chi connectivity index (χ1v) is 10.0. The van der Waals surface area contributed by atoms with E-state index in [-0.39, 0.29) is 22.4 Å². The van der Waals surface area contributed by atoms with Crippen LogP contribution in [0.5, 0.6) is 11.5 Å². The molecule has 8 heteroatoms. The van der Waals surface area contributed by atoms with Crippen LogP contribution in [0, 0.1) is 16.0 Å². The summed E-state index contributed by atoms with van der Waals surface area (Å²) in [6.45, 7) is 1.79. The Hall–Kier alpha value is -3.29. The largest absolute Gasteiger partial charge is 0.493 e. The van der Waals surface area contributed by atoms with Crippen LogP contribution in [-0.4, -0.2) is 44.7 Å². The molecule has 0 radical (unpaired) electrons. The highest BCUT2D eigenvalue weighted by Crippen LogP contribution is 2.31. The number of nitro groups is 1. The van der Waals surface area contributed by atoms with Gasteiger partial charge in [-0.05, 0) is 43.0 Å². The first-order valence-electron chi connectivity index (χ1n) is 10.0. The number of ether oxygens (including phenoxy) is 2. The van der Waals surface area contributed by atoms with Gasteiger partial charge in [0, 0.05) is 31.6 Å². The average Bonchev–Trinajstić information content (AvgIpc) is 2.78. The van der Waals surface area contributed by atoms with Gasteiger partial charge in [-0.25, -0.2) is 0 Å². The van der Waals surface area contributed by atoms with Gasteiger partial charge in [-0.15, -0.1) is 0 Å². The normalized spacial score (nSPS) is 14.3. The van der Waals surface area contributed by atoms with Crippen LogP contribution in [0.1, 0.15) is 18.4 Å². The molecule has 1 heterocycles. The summed E-state index contributed by atoms with van der Waals surface area (Å²) in [4.78, 5) is 25.4. The van der Waals surface area contributed by atoms with Crippen molar-refractivity contribution in [2.75, 3.05) is 38.8 Å².